The summed E-state index contributed by atoms with van der Waals surface area (Å²) in [6.07, 6.45) is -0.612. The molecule has 1 aromatic carbocycles. The highest BCUT2D eigenvalue weighted by atomic mass is 32.1. The van der Waals surface area contributed by atoms with E-state index < -0.39 is 51.0 Å². The molecule has 0 saturated heterocycles. The molecule has 0 amide bonds. The minimum atomic E-state index is -4.47. The predicted octanol–water partition coefficient (Wildman–Crippen LogP) is 10.2. The molecule has 0 radical (unpaired) electrons. The van der Waals surface area contributed by atoms with Gasteiger partial charge in [-0.1, -0.05) is 18.2 Å². The largest absolute Gasteiger partial charge is 0.464 e. The maximum Gasteiger partial charge on any atom is 0.422 e. The number of nitrogens with zero attached hydrogens (tertiary/aromatic N) is 17. The Morgan fingerprint density at radius 1 is 0.495 bits per heavy atom. The first kappa shape index (κ1) is 74.5. The fraction of sp³-hybridized carbons (Fsp3) is 0.200. The van der Waals surface area contributed by atoms with Gasteiger partial charge in [-0.2, -0.15) is 74.0 Å². The number of benzene rings is 1. The smallest absolute Gasteiger partial charge is 0.422 e. The lowest BCUT2D eigenvalue weighted by Gasteiger charge is -2.08. The average Bonchev–Trinajstić information content (AvgIpc) is 1.60. The maximum atomic E-state index is 12.2. The molecule has 0 bridgehead atoms. The van der Waals surface area contributed by atoms with Gasteiger partial charge < -0.3 is 27.9 Å². The summed E-state index contributed by atoms with van der Waals surface area (Å²) in [6.45, 7) is -4.59. The van der Waals surface area contributed by atoms with E-state index >= 15 is 0 Å². The molecule has 12 rings (SSSR count). The number of alkyl halides is 11. The van der Waals surface area contributed by atoms with Crippen molar-refractivity contribution < 1.29 is 71.7 Å². The zero-order valence-corrected chi connectivity index (χ0v) is 53.9. The van der Waals surface area contributed by atoms with E-state index in [1.54, 1.807) is 43.3 Å². The third-order valence-corrected chi connectivity index (χ3v) is 14.0. The number of ether oxygens (including phenoxy) is 4. The van der Waals surface area contributed by atoms with Crippen LogP contribution in [0.25, 0.3) is 45.0 Å². The molecule has 0 aliphatic heterocycles. The molecular weight excluding hydrogens is 1400 g/mol. The summed E-state index contributed by atoms with van der Waals surface area (Å²) in [6, 6.07) is 31.1. The SMILES string of the molecule is Cc1ccc(Cn2nc(-c3cnc(OCC(F)(F)F)nc3)ccc2=O)o1.Cn1ccc(Cn2nc(-c3cnc(OCC(F)(F)F)nc3)ccc2=O)c1.N#Cc1cccc(Cn2nc(-c3ccc(OC(F)F)nc3)ccc2=O)c1.O=c1ccc(-c2cnc(OCC(F)(F)F)nc2)nn1Cc1cccs1. The van der Waals surface area contributed by atoms with Crippen molar-refractivity contribution in [2.75, 3.05) is 19.8 Å². The Bertz CT molecular complexity index is 4910. The van der Waals surface area contributed by atoms with Gasteiger partial charge in [-0.25, -0.2) is 53.6 Å². The lowest BCUT2D eigenvalue weighted by molar-refractivity contribution is -0.155. The zero-order chi connectivity index (χ0) is 73.8. The second-order valence-electron chi connectivity index (χ2n) is 21.2. The van der Waals surface area contributed by atoms with Crippen molar-refractivity contribution in [2.24, 2.45) is 7.05 Å². The minimum Gasteiger partial charge on any atom is -0.464 e. The van der Waals surface area contributed by atoms with Crippen molar-refractivity contribution in [3.8, 4) is 75.0 Å². The predicted molar refractivity (Wildman–Crippen MR) is 342 cm³/mol. The third kappa shape index (κ3) is 23.5. The van der Waals surface area contributed by atoms with Gasteiger partial charge >= 0.3 is 43.2 Å². The standard InChI is InChI=1S/C18H12F2N4O2.C16H14F3N5O2.C16H13F3N4O3.C15H11F3N4O2S/c19-18(20)26-16-6-4-14(10-22-16)15-5-7-17(25)24(23-15)11-13-3-1-2-12(8-13)9-21;1-23-5-4-11(8-23)9-24-14(25)3-2-13(22-24)12-6-20-15(21-7-12)26-10-16(17,18)19;1-10-2-3-12(26-10)8-23-14(24)5-4-13(22-23)11-6-20-15(21-7-11)25-9-16(17,18)19;16-15(17,18)9-24-14-19-6-10(7-20-14)12-3-4-13(23)22(21-12)8-11-2-1-5-25-11/h1-8,10,18H,11H2;2-8H,9-10H2,1H3;2-7H,8-9H2,1H3;1-7H,8-9H2. The number of thiophene rings is 1. The quantitative estimate of drug-likeness (QED) is 0.0640. The van der Waals surface area contributed by atoms with E-state index in [1.165, 1.54) is 134 Å². The monoisotopic (exact) mass is 1450 g/mol. The van der Waals surface area contributed by atoms with Crippen LogP contribution >= 0.6 is 11.3 Å². The number of pyridine rings is 1. The van der Waals surface area contributed by atoms with E-state index in [4.69, 9.17) is 9.68 Å². The van der Waals surface area contributed by atoms with Crippen LogP contribution in [0.3, 0.4) is 0 Å². The third-order valence-electron chi connectivity index (χ3n) is 13.2. The van der Waals surface area contributed by atoms with E-state index in [0.29, 0.717) is 75.2 Å². The van der Waals surface area contributed by atoms with Gasteiger partial charge in [-0.15, -0.1) is 11.3 Å². The molecule has 0 N–H and O–H groups in total. The van der Waals surface area contributed by atoms with E-state index in [9.17, 15) is 67.5 Å². The summed E-state index contributed by atoms with van der Waals surface area (Å²) in [5.41, 5.74) is 4.56. The topological polar surface area (TPSA) is 309 Å². The van der Waals surface area contributed by atoms with Crippen molar-refractivity contribution in [1.82, 2.24) is 78.6 Å². The van der Waals surface area contributed by atoms with Gasteiger partial charge in [0.05, 0.1) is 54.0 Å². The fourth-order valence-electron chi connectivity index (χ4n) is 8.57. The number of nitriles is 1. The van der Waals surface area contributed by atoms with Crippen molar-refractivity contribution in [3.63, 3.8) is 0 Å². The molecule has 11 heterocycles. The van der Waals surface area contributed by atoms with E-state index in [1.807, 2.05) is 53.7 Å². The molecule has 11 aromatic heterocycles. The molecule has 0 atom stereocenters. The van der Waals surface area contributed by atoms with Crippen LogP contribution in [-0.4, -0.2) is 124 Å². The molecule has 0 unspecified atom stereocenters. The Balaban J connectivity index is 0.000000160. The van der Waals surface area contributed by atoms with Crippen LogP contribution in [0.5, 0.6) is 23.9 Å². The molecule has 0 saturated carbocycles. The van der Waals surface area contributed by atoms with Gasteiger partial charge in [-0.3, -0.25) is 19.2 Å². The summed E-state index contributed by atoms with van der Waals surface area (Å²) in [5.74, 6) is 1.08. The number of hydrogen-bond acceptors (Lipinski definition) is 22. The summed E-state index contributed by atoms with van der Waals surface area (Å²) in [4.78, 5) is 75.0. The Labute approximate surface area is 575 Å². The van der Waals surface area contributed by atoms with Crippen LogP contribution in [0.4, 0.5) is 48.3 Å². The normalized spacial score (nSPS) is 11.3. The fourth-order valence-corrected chi connectivity index (χ4v) is 9.26. The Morgan fingerprint density at radius 3 is 1.31 bits per heavy atom. The number of furan rings is 1. The molecule has 38 heteroatoms. The first-order chi connectivity index (χ1) is 49.0. The van der Waals surface area contributed by atoms with Gasteiger partial charge in [-0.05, 0) is 90.2 Å². The van der Waals surface area contributed by atoms with Crippen molar-refractivity contribution in [3.05, 3.63) is 251 Å². The first-order valence-corrected chi connectivity index (χ1v) is 30.4. The van der Waals surface area contributed by atoms with Crippen molar-refractivity contribution >= 4 is 11.3 Å². The summed E-state index contributed by atoms with van der Waals surface area (Å²) >= 11 is 1.50. The minimum absolute atomic E-state index is 0.147. The molecule has 0 aliphatic rings. The summed E-state index contributed by atoms with van der Waals surface area (Å²) in [5, 5.41) is 27.8. The molecule has 0 spiro atoms. The Hall–Kier alpha value is -12.7. The van der Waals surface area contributed by atoms with Crippen molar-refractivity contribution in [1.29, 1.82) is 5.26 Å². The maximum absolute atomic E-state index is 12.2. The van der Waals surface area contributed by atoms with Crippen molar-refractivity contribution in [2.45, 2.75) is 58.2 Å². The molecule has 532 valence electrons. The van der Waals surface area contributed by atoms with E-state index in [2.05, 4.69) is 74.2 Å². The van der Waals surface area contributed by atoms with Gasteiger partial charge in [0.25, 0.3) is 22.2 Å². The number of halogens is 11. The highest BCUT2D eigenvalue weighted by Crippen LogP contribution is 2.24. The number of aromatic nitrogens is 16. The Kier molecular flexibility index (Phi) is 24.5. The number of rotatable bonds is 20. The Morgan fingerprint density at radius 2 is 0.932 bits per heavy atom. The second-order valence-corrected chi connectivity index (χ2v) is 22.2. The van der Waals surface area contributed by atoms with E-state index in [-0.39, 0.29) is 53.2 Å². The number of aryl methyl sites for hydroxylation is 2. The molecule has 0 fully saturated rings. The lowest BCUT2D eigenvalue weighted by atomic mass is 10.1. The first-order valence-electron chi connectivity index (χ1n) is 29.5. The van der Waals surface area contributed by atoms with Gasteiger partial charge in [0, 0.05) is 120 Å². The molecule has 103 heavy (non-hydrogen) atoms. The van der Waals surface area contributed by atoms with Crippen LogP contribution < -0.4 is 41.2 Å². The van der Waals surface area contributed by atoms with Crippen LogP contribution in [0.1, 0.15) is 33.1 Å². The second kappa shape index (κ2) is 33.9. The zero-order valence-electron chi connectivity index (χ0n) is 53.1. The lowest BCUT2D eigenvalue weighted by Crippen LogP contribution is -2.22. The van der Waals surface area contributed by atoms with Crippen LogP contribution in [-0.2, 0) is 33.2 Å². The van der Waals surface area contributed by atoms with Gasteiger partial charge in [0.1, 0.15) is 18.1 Å². The van der Waals surface area contributed by atoms with Gasteiger partial charge in [0.2, 0.25) is 5.88 Å². The average molecular weight is 1450 g/mol. The molecule has 12 aromatic rings. The highest BCUT2D eigenvalue weighted by Gasteiger charge is 2.31. The number of hydrogen-bond donors (Lipinski definition) is 0. The summed E-state index contributed by atoms with van der Waals surface area (Å²) < 4.78 is 163. The van der Waals surface area contributed by atoms with Crippen LogP contribution in [0.2, 0.25) is 0 Å². The molecular formula is C65H50F11N17O9S. The van der Waals surface area contributed by atoms with Crippen LogP contribution in [0, 0.1) is 18.3 Å². The molecule has 0 aliphatic carbocycles. The molecule has 26 nitrogen and oxygen atoms in total. The van der Waals surface area contributed by atoms with Crippen LogP contribution in [0.15, 0.2) is 200 Å². The van der Waals surface area contributed by atoms with E-state index in [0.717, 1.165) is 16.0 Å². The summed E-state index contributed by atoms with van der Waals surface area (Å²) in [7, 11) is 1.87. The van der Waals surface area contributed by atoms with Gasteiger partial charge in [0.15, 0.2) is 19.8 Å². The highest BCUT2D eigenvalue weighted by molar-refractivity contribution is 7.09.